The monoisotopic (exact) mass is 196 g/mol. The third kappa shape index (κ3) is 2.76. The van der Waals surface area contributed by atoms with Crippen LogP contribution in [0.2, 0.25) is 0 Å². The van der Waals surface area contributed by atoms with E-state index < -0.39 is 0 Å². The van der Waals surface area contributed by atoms with E-state index >= 15 is 0 Å². The van der Waals surface area contributed by atoms with Gasteiger partial charge in [0.2, 0.25) is 11.9 Å². The maximum Gasteiger partial charge on any atom is 0.225 e. The predicted molar refractivity (Wildman–Crippen MR) is 49.6 cm³/mol. The van der Waals surface area contributed by atoms with E-state index in [1.54, 1.807) is 6.92 Å². The van der Waals surface area contributed by atoms with Gasteiger partial charge in [0.25, 0.3) is 0 Å². The fourth-order valence-corrected chi connectivity index (χ4v) is 1.29. The largest absolute Gasteiger partial charge is 0.368 e. The molecule has 0 amide bonds. The number of aromatic nitrogens is 3. The third-order valence-electron chi connectivity index (χ3n) is 1.11. The summed E-state index contributed by atoms with van der Waals surface area (Å²) in [6.07, 6.45) is 0. The minimum atomic E-state index is -0.235. The summed E-state index contributed by atoms with van der Waals surface area (Å²) in [5.74, 6) is 0.139. The van der Waals surface area contributed by atoms with Crippen molar-refractivity contribution in [3.8, 4) is 6.07 Å². The molecule has 7 heteroatoms. The van der Waals surface area contributed by atoms with Gasteiger partial charge in [0.1, 0.15) is 0 Å². The minimum absolute atomic E-state index is 0.0696. The van der Waals surface area contributed by atoms with Gasteiger partial charge in [-0.05, 0) is 6.92 Å². The Morgan fingerprint density at radius 3 is 2.31 bits per heavy atom. The van der Waals surface area contributed by atoms with Crippen LogP contribution in [0.1, 0.15) is 6.92 Å². The van der Waals surface area contributed by atoms with Gasteiger partial charge in [-0.3, -0.25) is 0 Å². The first kappa shape index (κ1) is 9.54. The third-order valence-corrected chi connectivity index (χ3v) is 1.97. The standard InChI is InChI=1S/C6H8N6S/c1-3(2-7)13-6-11-4(8)10-5(9)12-6/h3H,1H3,(H4,8,9,10,11,12). The van der Waals surface area contributed by atoms with Crippen LogP contribution in [0.5, 0.6) is 0 Å². The summed E-state index contributed by atoms with van der Waals surface area (Å²) in [4.78, 5) is 11.2. The van der Waals surface area contributed by atoms with Crippen LogP contribution >= 0.6 is 11.8 Å². The fraction of sp³-hybridized carbons (Fsp3) is 0.333. The van der Waals surface area contributed by atoms with Crippen LogP contribution in [0.25, 0.3) is 0 Å². The molecule has 1 heterocycles. The zero-order valence-corrected chi connectivity index (χ0v) is 7.75. The van der Waals surface area contributed by atoms with Crippen LogP contribution in [-0.4, -0.2) is 20.2 Å². The molecule has 0 bridgehead atoms. The second-order valence-electron chi connectivity index (χ2n) is 2.22. The number of nitrogens with zero attached hydrogens (tertiary/aromatic N) is 4. The van der Waals surface area contributed by atoms with E-state index in [0.29, 0.717) is 5.16 Å². The normalized spacial score (nSPS) is 12.0. The predicted octanol–water partition coefficient (Wildman–Crippen LogP) is 0.0402. The summed E-state index contributed by atoms with van der Waals surface area (Å²) >= 11 is 1.19. The van der Waals surface area contributed by atoms with E-state index in [0.717, 1.165) is 0 Å². The Bertz CT molecular complexity index is 325. The van der Waals surface area contributed by atoms with Crippen molar-refractivity contribution in [3.05, 3.63) is 0 Å². The number of nitrogens with two attached hydrogens (primary N) is 2. The number of nitriles is 1. The summed E-state index contributed by atoms with van der Waals surface area (Å²) in [5.41, 5.74) is 10.7. The lowest BCUT2D eigenvalue weighted by atomic mass is 10.5. The second kappa shape index (κ2) is 3.91. The molecule has 0 radical (unpaired) electrons. The van der Waals surface area contributed by atoms with Crippen LogP contribution in [0.3, 0.4) is 0 Å². The second-order valence-corrected chi connectivity index (χ2v) is 3.53. The van der Waals surface area contributed by atoms with E-state index in [1.165, 1.54) is 11.8 Å². The van der Waals surface area contributed by atoms with Gasteiger partial charge in [-0.1, -0.05) is 11.8 Å². The molecule has 0 aliphatic carbocycles. The smallest absolute Gasteiger partial charge is 0.225 e. The first-order chi connectivity index (χ1) is 6.11. The van der Waals surface area contributed by atoms with Crippen molar-refractivity contribution in [2.45, 2.75) is 17.3 Å². The van der Waals surface area contributed by atoms with Crippen molar-refractivity contribution < 1.29 is 0 Å². The van der Waals surface area contributed by atoms with Crippen molar-refractivity contribution in [1.82, 2.24) is 15.0 Å². The van der Waals surface area contributed by atoms with E-state index in [2.05, 4.69) is 15.0 Å². The molecule has 1 unspecified atom stereocenters. The zero-order chi connectivity index (χ0) is 9.84. The molecular formula is C6H8N6S. The molecule has 0 saturated carbocycles. The number of rotatable bonds is 2. The maximum atomic E-state index is 8.53. The number of hydrogen-bond acceptors (Lipinski definition) is 7. The average Bonchev–Trinajstić information content (AvgIpc) is 2.02. The van der Waals surface area contributed by atoms with E-state index in [9.17, 15) is 0 Å². The number of anilines is 2. The van der Waals surface area contributed by atoms with Crippen LogP contribution in [0, 0.1) is 11.3 Å². The quantitative estimate of drug-likeness (QED) is 0.641. The Morgan fingerprint density at radius 1 is 1.31 bits per heavy atom. The fourth-order valence-electron chi connectivity index (χ4n) is 0.626. The Kier molecular flexibility index (Phi) is 2.87. The van der Waals surface area contributed by atoms with Crippen molar-refractivity contribution in [2.24, 2.45) is 0 Å². The molecule has 1 aromatic heterocycles. The summed E-state index contributed by atoms with van der Waals surface area (Å²) < 4.78 is 0. The minimum Gasteiger partial charge on any atom is -0.368 e. The Morgan fingerprint density at radius 2 is 1.85 bits per heavy atom. The summed E-state index contributed by atoms with van der Waals surface area (Å²) in [6.45, 7) is 1.74. The van der Waals surface area contributed by atoms with Gasteiger partial charge in [0, 0.05) is 0 Å². The molecule has 0 saturated heterocycles. The highest BCUT2D eigenvalue weighted by Gasteiger charge is 2.07. The highest BCUT2D eigenvalue weighted by molar-refractivity contribution is 8.00. The van der Waals surface area contributed by atoms with E-state index in [1.807, 2.05) is 6.07 Å². The molecule has 68 valence electrons. The van der Waals surface area contributed by atoms with Gasteiger partial charge in [-0.25, -0.2) is 0 Å². The molecule has 4 N–H and O–H groups in total. The van der Waals surface area contributed by atoms with Gasteiger partial charge in [0.15, 0.2) is 5.16 Å². The first-order valence-corrected chi connectivity index (χ1v) is 4.33. The van der Waals surface area contributed by atoms with Crippen LogP contribution in [0.15, 0.2) is 5.16 Å². The lowest BCUT2D eigenvalue weighted by Crippen LogP contribution is -2.05. The molecule has 0 aliphatic heterocycles. The molecule has 6 nitrogen and oxygen atoms in total. The number of nitrogen functional groups attached to an aromatic ring is 2. The Hall–Kier alpha value is -1.55. The maximum absolute atomic E-state index is 8.53. The topological polar surface area (TPSA) is 114 Å². The lowest BCUT2D eigenvalue weighted by Gasteiger charge is -2.01. The lowest BCUT2D eigenvalue weighted by molar-refractivity contribution is 0.926. The first-order valence-electron chi connectivity index (χ1n) is 3.45. The van der Waals surface area contributed by atoms with Crippen molar-refractivity contribution in [2.75, 3.05) is 11.5 Å². The Balaban J connectivity index is 2.84. The molecule has 0 aromatic carbocycles. The van der Waals surface area contributed by atoms with Crippen molar-refractivity contribution >= 4 is 23.7 Å². The SMILES string of the molecule is CC(C#N)Sc1nc(N)nc(N)n1. The molecular weight excluding hydrogens is 188 g/mol. The molecule has 13 heavy (non-hydrogen) atoms. The summed E-state index contributed by atoms with van der Waals surface area (Å²) in [5, 5.41) is 8.67. The van der Waals surface area contributed by atoms with Crippen LogP contribution in [-0.2, 0) is 0 Å². The van der Waals surface area contributed by atoms with E-state index in [-0.39, 0.29) is 17.1 Å². The highest BCUT2D eigenvalue weighted by Crippen LogP contribution is 2.19. The number of hydrogen-bond donors (Lipinski definition) is 2. The zero-order valence-electron chi connectivity index (χ0n) is 6.93. The van der Waals surface area contributed by atoms with Crippen molar-refractivity contribution in [3.63, 3.8) is 0 Å². The van der Waals surface area contributed by atoms with E-state index in [4.69, 9.17) is 16.7 Å². The summed E-state index contributed by atoms with van der Waals surface area (Å²) in [7, 11) is 0. The highest BCUT2D eigenvalue weighted by atomic mass is 32.2. The molecule has 0 fully saturated rings. The molecule has 1 rings (SSSR count). The van der Waals surface area contributed by atoms with Gasteiger partial charge in [-0.15, -0.1) is 0 Å². The van der Waals surface area contributed by atoms with Gasteiger partial charge in [0.05, 0.1) is 11.3 Å². The molecule has 0 aliphatic rings. The number of thioether (sulfide) groups is 1. The van der Waals surface area contributed by atoms with Crippen LogP contribution < -0.4 is 11.5 Å². The summed E-state index contributed by atoms with van der Waals surface area (Å²) in [6, 6.07) is 2.03. The molecule has 1 aromatic rings. The van der Waals surface area contributed by atoms with Gasteiger partial charge < -0.3 is 11.5 Å². The van der Waals surface area contributed by atoms with Gasteiger partial charge in [-0.2, -0.15) is 20.2 Å². The Labute approximate surface area is 79.4 Å². The molecule has 1 atom stereocenters. The van der Waals surface area contributed by atoms with Crippen LogP contribution in [0.4, 0.5) is 11.9 Å². The molecule has 0 spiro atoms. The average molecular weight is 196 g/mol. The van der Waals surface area contributed by atoms with Crippen molar-refractivity contribution in [1.29, 1.82) is 5.26 Å². The van der Waals surface area contributed by atoms with Gasteiger partial charge >= 0.3 is 0 Å².